The molecule has 4 heteroatoms. The van der Waals surface area contributed by atoms with Gasteiger partial charge in [-0.1, -0.05) is 24.3 Å². The van der Waals surface area contributed by atoms with Crippen molar-refractivity contribution in [3.8, 4) is 0 Å². The molecule has 4 nitrogen and oxygen atoms in total. The highest BCUT2D eigenvalue weighted by Gasteiger charge is 2.26. The average molecular weight is 274 g/mol. The molecule has 20 heavy (non-hydrogen) atoms. The lowest BCUT2D eigenvalue weighted by atomic mass is 9.82. The fraction of sp³-hybridized carbons (Fsp3) is 0.562. The maximum Gasteiger partial charge on any atom is 0.227 e. The number of hydrogen-bond acceptors (Lipinski definition) is 3. The van der Waals surface area contributed by atoms with Gasteiger partial charge in [0.25, 0.3) is 0 Å². The molecule has 0 saturated carbocycles. The first kappa shape index (κ1) is 13.6. The van der Waals surface area contributed by atoms with E-state index in [1.165, 1.54) is 11.1 Å². The van der Waals surface area contributed by atoms with E-state index in [9.17, 15) is 4.79 Å². The summed E-state index contributed by atoms with van der Waals surface area (Å²) in [4.78, 5) is 12.4. The number of rotatable bonds is 3. The smallest absolute Gasteiger partial charge is 0.227 e. The highest BCUT2D eigenvalue weighted by molar-refractivity contribution is 5.84. The Morgan fingerprint density at radius 3 is 3.15 bits per heavy atom. The van der Waals surface area contributed by atoms with E-state index < -0.39 is 0 Å². The van der Waals surface area contributed by atoms with Crippen molar-refractivity contribution < 1.29 is 9.53 Å². The van der Waals surface area contributed by atoms with E-state index in [4.69, 9.17) is 4.74 Å². The number of morpholine rings is 1. The number of amides is 1. The third-order valence-electron chi connectivity index (χ3n) is 4.21. The molecular weight excluding hydrogens is 252 g/mol. The van der Waals surface area contributed by atoms with Crippen LogP contribution in [0.3, 0.4) is 0 Å². The Hall–Kier alpha value is -1.39. The van der Waals surface area contributed by atoms with Gasteiger partial charge in [0.15, 0.2) is 0 Å². The predicted molar refractivity (Wildman–Crippen MR) is 77.7 cm³/mol. The normalized spacial score (nSPS) is 25.8. The number of aryl methyl sites for hydroxylation is 1. The number of ether oxygens (including phenoxy) is 1. The van der Waals surface area contributed by atoms with Crippen molar-refractivity contribution in [2.75, 3.05) is 26.3 Å². The Morgan fingerprint density at radius 1 is 1.40 bits per heavy atom. The first-order valence-corrected chi connectivity index (χ1v) is 7.51. The minimum absolute atomic E-state index is 0.0180. The fourth-order valence-electron chi connectivity index (χ4n) is 3.12. The van der Waals surface area contributed by atoms with Crippen molar-refractivity contribution in [1.82, 2.24) is 10.6 Å². The zero-order valence-corrected chi connectivity index (χ0v) is 11.7. The highest BCUT2D eigenvalue weighted by atomic mass is 16.5. The molecule has 2 unspecified atom stereocenters. The molecule has 1 aliphatic carbocycles. The van der Waals surface area contributed by atoms with E-state index >= 15 is 0 Å². The van der Waals surface area contributed by atoms with Gasteiger partial charge in [-0.05, 0) is 30.4 Å². The van der Waals surface area contributed by atoms with Gasteiger partial charge in [0.1, 0.15) is 0 Å². The van der Waals surface area contributed by atoms with Crippen LogP contribution in [0.1, 0.15) is 29.9 Å². The number of carbonyl (C=O) groups excluding carboxylic acids is 1. The molecule has 1 heterocycles. The van der Waals surface area contributed by atoms with Gasteiger partial charge in [-0.15, -0.1) is 0 Å². The number of nitrogens with one attached hydrogen (secondary N) is 2. The Balaban J connectivity index is 1.60. The minimum Gasteiger partial charge on any atom is -0.378 e. The second kappa shape index (κ2) is 6.37. The number of fused-ring (bicyclic) bond motifs is 1. The summed E-state index contributed by atoms with van der Waals surface area (Å²) in [5, 5.41) is 6.44. The molecule has 0 bridgehead atoms. The largest absolute Gasteiger partial charge is 0.378 e. The first-order chi connectivity index (χ1) is 9.84. The molecule has 2 N–H and O–H groups in total. The molecule has 0 spiro atoms. The van der Waals surface area contributed by atoms with E-state index in [2.05, 4.69) is 28.8 Å². The summed E-state index contributed by atoms with van der Waals surface area (Å²) in [6.45, 7) is 2.96. The molecule has 2 aliphatic rings. The van der Waals surface area contributed by atoms with E-state index in [-0.39, 0.29) is 17.9 Å². The number of carbonyl (C=O) groups is 1. The van der Waals surface area contributed by atoms with Crippen LogP contribution in [0, 0.1) is 0 Å². The maximum absolute atomic E-state index is 12.4. The van der Waals surface area contributed by atoms with E-state index in [0.717, 1.165) is 32.4 Å². The Bertz CT molecular complexity index is 469. The quantitative estimate of drug-likeness (QED) is 0.871. The van der Waals surface area contributed by atoms with Crippen LogP contribution in [0.5, 0.6) is 0 Å². The number of benzene rings is 1. The minimum atomic E-state index is 0.0180. The molecule has 1 aromatic carbocycles. The molecule has 108 valence electrons. The molecule has 1 saturated heterocycles. The Kier molecular flexibility index (Phi) is 4.33. The summed E-state index contributed by atoms with van der Waals surface area (Å²) in [7, 11) is 0. The molecule has 1 aliphatic heterocycles. The summed E-state index contributed by atoms with van der Waals surface area (Å²) >= 11 is 0. The lowest BCUT2D eigenvalue weighted by Crippen LogP contribution is -2.49. The van der Waals surface area contributed by atoms with Crippen molar-refractivity contribution in [3.05, 3.63) is 35.4 Å². The van der Waals surface area contributed by atoms with Crippen LogP contribution in [-0.4, -0.2) is 38.3 Å². The van der Waals surface area contributed by atoms with Crippen LogP contribution in [0.15, 0.2) is 24.3 Å². The average Bonchev–Trinajstić information content (AvgIpc) is 2.53. The van der Waals surface area contributed by atoms with Crippen LogP contribution < -0.4 is 10.6 Å². The third-order valence-corrected chi connectivity index (χ3v) is 4.21. The summed E-state index contributed by atoms with van der Waals surface area (Å²) in [6, 6.07) is 8.57. The lowest BCUT2D eigenvalue weighted by molar-refractivity contribution is -0.123. The van der Waals surface area contributed by atoms with Gasteiger partial charge in [0.2, 0.25) is 5.91 Å². The van der Waals surface area contributed by atoms with Crippen molar-refractivity contribution in [3.63, 3.8) is 0 Å². The molecule has 1 amide bonds. The van der Waals surface area contributed by atoms with Gasteiger partial charge < -0.3 is 15.4 Å². The molecule has 1 aromatic rings. The highest BCUT2D eigenvalue weighted by Crippen LogP contribution is 2.31. The van der Waals surface area contributed by atoms with E-state index in [0.29, 0.717) is 13.2 Å². The fourth-order valence-corrected chi connectivity index (χ4v) is 3.12. The molecule has 0 aromatic heterocycles. The summed E-state index contributed by atoms with van der Waals surface area (Å²) in [6.07, 6.45) is 3.15. The predicted octanol–water partition coefficient (Wildman–Crippen LogP) is 1.21. The van der Waals surface area contributed by atoms with E-state index in [1.807, 2.05) is 6.07 Å². The van der Waals surface area contributed by atoms with Crippen molar-refractivity contribution in [2.24, 2.45) is 0 Å². The Morgan fingerprint density at radius 2 is 2.30 bits per heavy atom. The maximum atomic E-state index is 12.4. The topological polar surface area (TPSA) is 50.4 Å². The molecule has 1 fully saturated rings. The van der Waals surface area contributed by atoms with Crippen LogP contribution in [0.25, 0.3) is 0 Å². The Labute approximate surface area is 119 Å². The van der Waals surface area contributed by atoms with Crippen LogP contribution in [-0.2, 0) is 16.0 Å². The van der Waals surface area contributed by atoms with Crippen molar-refractivity contribution in [2.45, 2.75) is 31.2 Å². The van der Waals surface area contributed by atoms with Crippen LogP contribution in [0.4, 0.5) is 0 Å². The van der Waals surface area contributed by atoms with Gasteiger partial charge >= 0.3 is 0 Å². The molecule has 2 atom stereocenters. The SMILES string of the molecule is O=C(NCC1COCCN1)C1CCCc2ccccc21. The van der Waals surface area contributed by atoms with Gasteiger partial charge in [0, 0.05) is 19.1 Å². The molecular formula is C16H22N2O2. The monoisotopic (exact) mass is 274 g/mol. The van der Waals surface area contributed by atoms with Gasteiger partial charge in [0.05, 0.1) is 19.1 Å². The van der Waals surface area contributed by atoms with Gasteiger partial charge in [-0.25, -0.2) is 0 Å². The lowest BCUT2D eigenvalue weighted by Gasteiger charge is -2.27. The van der Waals surface area contributed by atoms with Crippen LogP contribution in [0.2, 0.25) is 0 Å². The van der Waals surface area contributed by atoms with Crippen LogP contribution >= 0.6 is 0 Å². The standard InChI is InChI=1S/C16H22N2O2/c19-16(18-10-13-11-20-9-8-17-13)15-7-3-5-12-4-1-2-6-14(12)15/h1-2,4,6,13,15,17H,3,5,7-11H2,(H,18,19). The summed E-state index contributed by atoms with van der Waals surface area (Å²) < 4.78 is 5.40. The summed E-state index contributed by atoms with van der Waals surface area (Å²) in [5.74, 6) is 0.175. The second-order valence-corrected chi connectivity index (χ2v) is 5.61. The van der Waals surface area contributed by atoms with Gasteiger partial charge in [-0.2, -0.15) is 0 Å². The third kappa shape index (κ3) is 3.02. The summed E-state index contributed by atoms with van der Waals surface area (Å²) in [5.41, 5.74) is 2.54. The number of hydrogen-bond donors (Lipinski definition) is 2. The van der Waals surface area contributed by atoms with Gasteiger partial charge in [-0.3, -0.25) is 4.79 Å². The van der Waals surface area contributed by atoms with E-state index in [1.54, 1.807) is 0 Å². The second-order valence-electron chi connectivity index (χ2n) is 5.61. The molecule has 3 rings (SSSR count). The molecule has 0 radical (unpaired) electrons. The van der Waals surface area contributed by atoms with Crippen molar-refractivity contribution in [1.29, 1.82) is 0 Å². The van der Waals surface area contributed by atoms with Crippen molar-refractivity contribution >= 4 is 5.91 Å². The first-order valence-electron chi connectivity index (χ1n) is 7.51. The zero-order chi connectivity index (χ0) is 13.8. The zero-order valence-electron chi connectivity index (χ0n) is 11.7.